The molecule has 0 unspecified atom stereocenters. The van der Waals surface area contributed by atoms with Crippen LogP contribution in [0.15, 0.2) is 29.2 Å². The van der Waals surface area contributed by atoms with Crippen LogP contribution < -0.4 is 10.5 Å². The maximum Gasteiger partial charge on any atom is 0.263 e. The molecule has 2 rings (SSSR count). The molecule has 0 atom stereocenters. The fraction of sp³-hybridized carbons (Fsp3) is 0.308. The van der Waals surface area contributed by atoms with Crippen molar-refractivity contribution >= 4 is 21.5 Å². The monoisotopic (exact) mass is 294 g/mol. The van der Waals surface area contributed by atoms with Crippen molar-refractivity contribution in [1.82, 2.24) is 9.78 Å². The summed E-state index contributed by atoms with van der Waals surface area (Å²) in [5, 5.41) is 4.10. The van der Waals surface area contributed by atoms with Crippen molar-refractivity contribution in [2.45, 2.75) is 25.2 Å². The second-order valence-electron chi connectivity index (χ2n) is 4.61. The average Bonchev–Trinajstić information content (AvgIpc) is 2.67. The zero-order valence-electron chi connectivity index (χ0n) is 11.7. The van der Waals surface area contributed by atoms with Crippen LogP contribution in [0.3, 0.4) is 0 Å². The van der Waals surface area contributed by atoms with E-state index < -0.39 is 10.0 Å². The van der Waals surface area contributed by atoms with Gasteiger partial charge in [-0.05, 0) is 31.0 Å². The molecule has 0 fully saturated rings. The zero-order valence-corrected chi connectivity index (χ0v) is 12.5. The highest BCUT2D eigenvalue weighted by molar-refractivity contribution is 7.92. The van der Waals surface area contributed by atoms with Gasteiger partial charge >= 0.3 is 0 Å². The number of aromatic nitrogens is 2. The Labute approximate surface area is 118 Å². The van der Waals surface area contributed by atoms with Gasteiger partial charge in [-0.2, -0.15) is 5.10 Å². The summed E-state index contributed by atoms with van der Waals surface area (Å²) in [5.74, 6) is 0.417. The molecule has 6 nitrogen and oxygen atoms in total. The van der Waals surface area contributed by atoms with E-state index in [0.29, 0.717) is 11.5 Å². The van der Waals surface area contributed by atoms with Gasteiger partial charge in [0.15, 0.2) is 0 Å². The van der Waals surface area contributed by atoms with Gasteiger partial charge in [-0.15, -0.1) is 0 Å². The Morgan fingerprint density at radius 1 is 1.35 bits per heavy atom. The summed E-state index contributed by atoms with van der Waals surface area (Å²) in [6.45, 7) is 3.77. The van der Waals surface area contributed by atoms with Gasteiger partial charge in [0.2, 0.25) is 0 Å². The summed E-state index contributed by atoms with van der Waals surface area (Å²) < 4.78 is 28.6. The molecule has 0 aliphatic heterocycles. The molecule has 0 aliphatic rings. The predicted octanol–water partition coefficient (Wildman–Crippen LogP) is 1.67. The first kappa shape index (κ1) is 14.4. The molecule has 0 aliphatic carbocycles. The Hall–Kier alpha value is -2.02. The van der Waals surface area contributed by atoms with E-state index in [4.69, 9.17) is 5.73 Å². The van der Waals surface area contributed by atoms with Crippen LogP contribution in [0.5, 0.6) is 0 Å². The van der Waals surface area contributed by atoms with Crippen LogP contribution in [0.4, 0.5) is 11.5 Å². The van der Waals surface area contributed by atoms with E-state index in [1.54, 1.807) is 32.2 Å². The van der Waals surface area contributed by atoms with Gasteiger partial charge in [0.05, 0.1) is 10.6 Å². The SMILES string of the molecule is CCc1ccc(S(=O)(=O)Nc2cc(C)nn2C)cc1N. The van der Waals surface area contributed by atoms with Crippen LogP contribution in [-0.2, 0) is 23.5 Å². The molecule has 2 aromatic rings. The summed E-state index contributed by atoms with van der Waals surface area (Å²) in [6, 6.07) is 6.44. The van der Waals surface area contributed by atoms with Gasteiger partial charge in [0.1, 0.15) is 5.82 Å². The minimum Gasteiger partial charge on any atom is -0.398 e. The van der Waals surface area contributed by atoms with Crippen molar-refractivity contribution in [3.05, 3.63) is 35.5 Å². The van der Waals surface area contributed by atoms with Gasteiger partial charge in [-0.3, -0.25) is 9.40 Å². The second-order valence-corrected chi connectivity index (χ2v) is 6.30. The zero-order chi connectivity index (χ0) is 14.9. The standard InChI is InChI=1S/C13H18N4O2S/c1-4-10-5-6-11(8-12(10)14)20(18,19)16-13-7-9(2)15-17(13)3/h5-8,16H,4,14H2,1-3H3. The number of hydrogen-bond donors (Lipinski definition) is 2. The number of hydrogen-bond acceptors (Lipinski definition) is 4. The lowest BCUT2D eigenvalue weighted by atomic mass is 10.1. The number of nitrogens with zero attached hydrogens (tertiary/aromatic N) is 2. The third-order valence-electron chi connectivity index (χ3n) is 3.05. The highest BCUT2D eigenvalue weighted by Gasteiger charge is 2.17. The van der Waals surface area contributed by atoms with Crippen molar-refractivity contribution in [2.75, 3.05) is 10.5 Å². The van der Waals surface area contributed by atoms with E-state index in [1.807, 2.05) is 6.92 Å². The van der Waals surface area contributed by atoms with E-state index in [1.165, 1.54) is 10.7 Å². The van der Waals surface area contributed by atoms with Crippen molar-refractivity contribution in [3.63, 3.8) is 0 Å². The van der Waals surface area contributed by atoms with Gasteiger partial charge < -0.3 is 5.73 Å². The van der Waals surface area contributed by atoms with E-state index in [2.05, 4.69) is 9.82 Å². The van der Waals surface area contributed by atoms with Crippen LogP contribution in [0.1, 0.15) is 18.2 Å². The van der Waals surface area contributed by atoms with Crippen LogP contribution >= 0.6 is 0 Å². The van der Waals surface area contributed by atoms with Crippen LogP contribution in [-0.4, -0.2) is 18.2 Å². The van der Waals surface area contributed by atoms with E-state index in [0.717, 1.165) is 17.7 Å². The smallest absolute Gasteiger partial charge is 0.263 e. The van der Waals surface area contributed by atoms with E-state index in [-0.39, 0.29) is 4.90 Å². The molecule has 108 valence electrons. The molecule has 3 N–H and O–H groups in total. The third-order valence-corrected chi connectivity index (χ3v) is 4.40. The van der Waals surface area contributed by atoms with E-state index >= 15 is 0 Å². The summed E-state index contributed by atoms with van der Waals surface area (Å²) in [7, 11) is -1.98. The maximum absolute atomic E-state index is 12.3. The largest absolute Gasteiger partial charge is 0.398 e. The molecular formula is C13H18N4O2S. The molecular weight excluding hydrogens is 276 g/mol. The molecule has 0 saturated carbocycles. The van der Waals surface area contributed by atoms with Crippen LogP contribution in [0.25, 0.3) is 0 Å². The second kappa shape index (κ2) is 5.16. The van der Waals surface area contributed by atoms with Gasteiger partial charge in [0.25, 0.3) is 10.0 Å². The molecule has 0 bridgehead atoms. The topological polar surface area (TPSA) is 90.0 Å². The minimum atomic E-state index is -3.66. The summed E-state index contributed by atoms with van der Waals surface area (Å²) in [5.41, 5.74) is 8.00. The van der Waals surface area contributed by atoms with Crippen molar-refractivity contribution in [2.24, 2.45) is 7.05 Å². The van der Waals surface area contributed by atoms with Gasteiger partial charge in [-0.1, -0.05) is 13.0 Å². The number of rotatable bonds is 4. The normalized spacial score (nSPS) is 11.6. The summed E-state index contributed by atoms with van der Waals surface area (Å²) in [6.07, 6.45) is 0.764. The molecule has 20 heavy (non-hydrogen) atoms. The summed E-state index contributed by atoms with van der Waals surface area (Å²) in [4.78, 5) is 0.144. The molecule has 0 saturated heterocycles. The number of anilines is 2. The van der Waals surface area contributed by atoms with E-state index in [9.17, 15) is 8.42 Å². The first-order valence-corrected chi connectivity index (χ1v) is 7.73. The lowest BCUT2D eigenvalue weighted by Gasteiger charge is -2.10. The molecule has 0 amide bonds. The quantitative estimate of drug-likeness (QED) is 0.839. The molecule has 1 aromatic carbocycles. The maximum atomic E-state index is 12.3. The molecule has 7 heteroatoms. The number of nitrogen functional groups attached to an aromatic ring is 1. The van der Waals surface area contributed by atoms with Gasteiger partial charge in [0, 0.05) is 18.8 Å². The Morgan fingerprint density at radius 3 is 2.55 bits per heavy atom. The Balaban J connectivity index is 2.35. The lowest BCUT2D eigenvalue weighted by Crippen LogP contribution is -2.15. The predicted molar refractivity (Wildman–Crippen MR) is 79.0 cm³/mol. The molecule has 1 heterocycles. The van der Waals surface area contributed by atoms with Crippen molar-refractivity contribution < 1.29 is 8.42 Å². The Morgan fingerprint density at radius 2 is 2.05 bits per heavy atom. The summed E-state index contributed by atoms with van der Waals surface area (Å²) >= 11 is 0. The Kier molecular flexibility index (Phi) is 3.71. The number of nitrogens with one attached hydrogen (secondary N) is 1. The number of benzene rings is 1. The first-order chi connectivity index (χ1) is 9.33. The fourth-order valence-electron chi connectivity index (χ4n) is 1.96. The average molecular weight is 294 g/mol. The number of aryl methyl sites for hydroxylation is 3. The molecule has 0 spiro atoms. The number of nitrogens with two attached hydrogens (primary N) is 1. The van der Waals surface area contributed by atoms with Crippen LogP contribution in [0, 0.1) is 6.92 Å². The van der Waals surface area contributed by atoms with Crippen molar-refractivity contribution in [1.29, 1.82) is 0 Å². The van der Waals surface area contributed by atoms with Crippen molar-refractivity contribution in [3.8, 4) is 0 Å². The fourth-order valence-corrected chi connectivity index (χ4v) is 3.08. The first-order valence-electron chi connectivity index (χ1n) is 6.25. The van der Waals surface area contributed by atoms with Gasteiger partial charge in [-0.25, -0.2) is 8.42 Å². The lowest BCUT2D eigenvalue weighted by molar-refractivity contribution is 0.600. The third kappa shape index (κ3) is 2.77. The minimum absolute atomic E-state index is 0.144. The molecule has 1 aromatic heterocycles. The van der Waals surface area contributed by atoms with Crippen LogP contribution in [0.2, 0.25) is 0 Å². The highest BCUT2D eigenvalue weighted by atomic mass is 32.2. The highest BCUT2D eigenvalue weighted by Crippen LogP contribution is 2.21. The molecule has 0 radical (unpaired) electrons. The number of sulfonamides is 1. The Bertz CT molecular complexity index is 735.